The van der Waals surface area contributed by atoms with Crippen LogP contribution in [0.15, 0.2) is 5.38 Å². The first kappa shape index (κ1) is 14.9. The molecule has 0 aliphatic carbocycles. The van der Waals surface area contributed by atoms with Gasteiger partial charge in [0.1, 0.15) is 0 Å². The van der Waals surface area contributed by atoms with E-state index in [1.54, 1.807) is 0 Å². The second kappa shape index (κ2) is 7.36. The average molecular weight is 281 g/mol. The fourth-order valence-corrected chi connectivity index (χ4v) is 3.45. The maximum atomic E-state index is 4.76. The van der Waals surface area contributed by atoms with Crippen molar-refractivity contribution in [3.05, 3.63) is 16.1 Å². The summed E-state index contributed by atoms with van der Waals surface area (Å²) in [7, 11) is 0. The Labute approximate surface area is 121 Å². The molecule has 1 N–H and O–H groups in total. The SMILES string of the molecule is CCN(Cc1csc(C(C)C)n1)CC1CCNCC1. The predicted molar refractivity (Wildman–Crippen MR) is 82.7 cm³/mol. The van der Waals surface area contributed by atoms with Crippen LogP contribution in [0.5, 0.6) is 0 Å². The van der Waals surface area contributed by atoms with Gasteiger partial charge >= 0.3 is 0 Å². The van der Waals surface area contributed by atoms with Crippen molar-refractivity contribution >= 4 is 11.3 Å². The molecular formula is C15H27N3S. The van der Waals surface area contributed by atoms with Crippen LogP contribution in [0.4, 0.5) is 0 Å². The second-order valence-electron chi connectivity index (χ2n) is 5.85. The van der Waals surface area contributed by atoms with E-state index in [4.69, 9.17) is 4.98 Å². The van der Waals surface area contributed by atoms with E-state index in [0.717, 1.165) is 19.0 Å². The average Bonchev–Trinajstić information content (AvgIpc) is 2.88. The fraction of sp³-hybridized carbons (Fsp3) is 0.800. The Balaban J connectivity index is 1.86. The van der Waals surface area contributed by atoms with Gasteiger partial charge in [-0.3, -0.25) is 4.90 Å². The summed E-state index contributed by atoms with van der Waals surface area (Å²) in [6, 6.07) is 0. The topological polar surface area (TPSA) is 28.2 Å². The zero-order valence-electron chi connectivity index (χ0n) is 12.5. The van der Waals surface area contributed by atoms with Crippen LogP contribution in [0.25, 0.3) is 0 Å². The lowest BCUT2D eigenvalue weighted by atomic mass is 9.97. The molecule has 0 amide bonds. The number of nitrogens with zero attached hydrogens (tertiary/aromatic N) is 2. The Morgan fingerprint density at radius 3 is 2.74 bits per heavy atom. The molecule has 1 fully saturated rings. The molecule has 19 heavy (non-hydrogen) atoms. The molecule has 1 aliphatic heterocycles. The van der Waals surface area contributed by atoms with Crippen LogP contribution >= 0.6 is 11.3 Å². The standard InChI is InChI=1S/C15H27N3S/c1-4-18(9-13-5-7-16-8-6-13)10-14-11-19-15(17-14)12(2)3/h11-13,16H,4-10H2,1-3H3. The number of nitrogens with one attached hydrogen (secondary N) is 1. The van der Waals surface area contributed by atoms with E-state index in [0.29, 0.717) is 5.92 Å². The van der Waals surface area contributed by atoms with Crippen molar-refractivity contribution in [1.82, 2.24) is 15.2 Å². The van der Waals surface area contributed by atoms with Gasteiger partial charge in [-0.1, -0.05) is 20.8 Å². The van der Waals surface area contributed by atoms with E-state index in [-0.39, 0.29) is 0 Å². The smallest absolute Gasteiger partial charge is 0.0954 e. The molecule has 0 atom stereocenters. The van der Waals surface area contributed by atoms with E-state index >= 15 is 0 Å². The van der Waals surface area contributed by atoms with Gasteiger partial charge in [-0.15, -0.1) is 11.3 Å². The highest BCUT2D eigenvalue weighted by Gasteiger charge is 2.17. The largest absolute Gasteiger partial charge is 0.317 e. The fourth-order valence-electron chi connectivity index (χ4n) is 2.62. The molecule has 3 nitrogen and oxygen atoms in total. The molecule has 2 heterocycles. The van der Waals surface area contributed by atoms with Crippen molar-refractivity contribution in [2.24, 2.45) is 5.92 Å². The predicted octanol–water partition coefficient (Wildman–Crippen LogP) is 3.09. The molecule has 1 aromatic rings. The quantitative estimate of drug-likeness (QED) is 0.868. The van der Waals surface area contributed by atoms with Gasteiger partial charge in [-0.05, 0) is 38.4 Å². The third kappa shape index (κ3) is 4.55. The summed E-state index contributed by atoms with van der Waals surface area (Å²) in [6.07, 6.45) is 2.65. The summed E-state index contributed by atoms with van der Waals surface area (Å²) in [5.74, 6) is 1.42. The summed E-state index contributed by atoms with van der Waals surface area (Å²) >= 11 is 1.81. The van der Waals surface area contributed by atoms with E-state index in [1.807, 2.05) is 11.3 Å². The zero-order valence-corrected chi connectivity index (χ0v) is 13.3. The Hall–Kier alpha value is -0.450. The van der Waals surface area contributed by atoms with Crippen LogP contribution in [0, 0.1) is 5.92 Å². The van der Waals surface area contributed by atoms with E-state index in [2.05, 4.69) is 36.4 Å². The Morgan fingerprint density at radius 2 is 2.16 bits per heavy atom. The number of rotatable bonds is 6. The van der Waals surface area contributed by atoms with Crippen molar-refractivity contribution < 1.29 is 0 Å². The van der Waals surface area contributed by atoms with E-state index in [9.17, 15) is 0 Å². The maximum Gasteiger partial charge on any atom is 0.0954 e. The molecule has 1 aromatic heterocycles. The molecule has 1 aliphatic rings. The molecule has 0 spiro atoms. The molecule has 2 rings (SSSR count). The monoisotopic (exact) mass is 281 g/mol. The molecule has 108 valence electrons. The van der Waals surface area contributed by atoms with Gasteiger partial charge in [-0.25, -0.2) is 4.98 Å². The minimum atomic E-state index is 0.554. The van der Waals surface area contributed by atoms with Gasteiger partial charge < -0.3 is 5.32 Å². The highest BCUT2D eigenvalue weighted by molar-refractivity contribution is 7.09. The summed E-state index contributed by atoms with van der Waals surface area (Å²) in [5, 5.41) is 6.95. The van der Waals surface area contributed by atoms with E-state index in [1.165, 1.54) is 43.2 Å². The van der Waals surface area contributed by atoms with Crippen molar-refractivity contribution in [2.75, 3.05) is 26.2 Å². The van der Waals surface area contributed by atoms with Crippen molar-refractivity contribution in [2.45, 2.75) is 46.1 Å². The van der Waals surface area contributed by atoms with Gasteiger partial charge in [0.25, 0.3) is 0 Å². The highest BCUT2D eigenvalue weighted by atomic mass is 32.1. The Bertz CT molecular complexity index is 369. The third-order valence-corrected chi connectivity index (χ3v) is 5.07. The lowest BCUT2D eigenvalue weighted by molar-refractivity contribution is 0.205. The molecule has 0 saturated carbocycles. The number of thiazole rings is 1. The molecule has 1 saturated heterocycles. The lowest BCUT2D eigenvalue weighted by Crippen LogP contribution is -2.36. The van der Waals surface area contributed by atoms with Gasteiger partial charge in [0.2, 0.25) is 0 Å². The van der Waals surface area contributed by atoms with Gasteiger partial charge in [0.05, 0.1) is 10.7 Å². The van der Waals surface area contributed by atoms with Crippen LogP contribution in [0.1, 0.15) is 50.2 Å². The Morgan fingerprint density at radius 1 is 1.42 bits per heavy atom. The molecular weight excluding hydrogens is 254 g/mol. The number of hydrogen-bond donors (Lipinski definition) is 1. The van der Waals surface area contributed by atoms with Crippen LogP contribution in [0.3, 0.4) is 0 Å². The summed E-state index contributed by atoms with van der Waals surface area (Å²) in [4.78, 5) is 7.31. The third-order valence-electron chi connectivity index (χ3n) is 3.87. The van der Waals surface area contributed by atoms with Gasteiger partial charge in [0, 0.05) is 24.4 Å². The number of piperidine rings is 1. The van der Waals surface area contributed by atoms with Crippen LogP contribution in [-0.2, 0) is 6.54 Å². The zero-order chi connectivity index (χ0) is 13.7. The highest BCUT2D eigenvalue weighted by Crippen LogP contribution is 2.21. The lowest BCUT2D eigenvalue weighted by Gasteiger charge is -2.28. The van der Waals surface area contributed by atoms with E-state index < -0.39 is 0 Å². The normalized spacial score (nSPS) is 17.5. The van der Waals surface area contributed by atoms with Crippen molar-refractivity contribution in [3.8, 4) is 0 Å². The second-order valence-corrected chi connectivity index (χ2v) is 6.74. The first-order valence-corrected chi connectivity index (χ1v) is 8.44. The van der Waals surface area contributed by atoms with Crippen LogP contribution in [-0.4, -0.2) is 36.1 Å². The molecule has 0 bridgehead atoms. The minimum Gasteiger partial charge on any atom is -0.317 e. The summed E-state index contributed by atoms with van der Waals surface area (Å²) < 4.78 is 0. The molecule has 4 heteroatoms. The Kier molecular flexibility index (Phi) is 5.79. The molecule has 0 radical (unpaired) electrons. The van der Waals surface area contributed by atoms with Gasteiger partial charge in [0.15, 0.2) is 0 Å². The number of hydrogen-bond acceptors (Lipinski definition) is 4. The summed E-state index contributed by atoms with van der Waals surface area (Å²) in [6.45, 7) is 12.4. The maximum absolute atomic E-state index is 4.76. The first-order valence-electron chi connectivity index (χ1n) is 7.56. The molecule has 0 unspecified atom stereocenters. The van der Waals surface area contributed by atoms with Crippen LogP contribution in [0.2, 0.25) is 0 Å². The summed E-state index contributed by atoms with van der Waals surface area (Å²) in [5.41, 5.74) is 1.25. The first-order chi connectivity index (χ1) is 9.19. The van der Waals surface area contributed by atoms with Gasteiger partial charge in [-0.2, -0.15) is 0 Å². The molecule has 0 aromatic carbocycles. The van der Waals surface area contributed by atoms with Crippen molar-refractivity contribution in [1.29, 1.82) is 0 Å². The van der Waals surface area contributed by atoms with Crippen LogP contribution < -0.4 is 5.32 Å². The van der Waals surface area contributed by atoms with Crippen molar-refractivity contribution in [3.63, 3.8) is 0 Å². The number of aromatic nitrogens is 1. The minimum absolute atomic E-state index is 0.554.